The smallest absolute Gasteiger partial charge is 0.338 e. The first-order valence-electron chi connectivity index (χ1n) is 9.19. The first kappa shape index (κ1) is 21.2. The number of hydrogen-bond acceptors (Lipinski definition) is 8. The lowest BCUT2D eigenvalue weighted by Gasteiger charge is -2.37. The predicted molar refractivity (Wildman–Crippen MR) is 101 cm³/mol. The first-order chi connectivity index (χ1) is 13.9. The Bertz CT molecular complexity index is 825. The Hall–Kier alpha value is -2.49. The molecule has 5 atom stereocenters. The van der Waals surface area contributed by atoms with Gasteiger partial charge in [-0.2, -0.15) is 0 Å². The van der Waals surface area contributed by atoms with Gasteiger partial charge >= 0.3 is 5.97 Å². The summed E-state index contributed by atoms with van der Waals surface area (Å²) in [4.78, 5) is 12.5. The Labute approximate surface area is 167 Å². The van der Waals surface area contributed by atoms with Gasteiger partial charge in [0.1, 0.15) is 43.4 Å². The zero-order chi connectivity index (χ0) is 21.0. The second-order valence-corrected chi connectivity index (χ2v) is 6.89. The molecule has 156 valence electrons. The molecule has 1 heterocycles. The molecule has 29 heavy (non-hydrogen) atoms. The van der Waals surface area contributed by atoms with E-state index in [1.165, 1.54) is 0 Å². The van der Waals surface area contributed by atoms with Gasteiger partial charge in [0.05, 0.1) is 5.56 Å². The third kappa shape index (κ3) is 5.11. The minimum absolute atomic E-state index is 0.280. The number of rotatable bonds is 6. The van der Waals surface area contributed by atoms with Gasteiger partial charge in [0.2, 0.25) is 0 Å². The molecular weight excluding hydrogens is 380 g/mol. The van der Waals surface area contributed by atoms with Crippen LogP contribution in [0.2, 0.25) is 0 Å². The predicted octanol–water partition coefficient (Wildman–Crippen LogP) is 0.531. The van der Waals surface area contributed by atoms with Crippen LogP contribution >= 0.6 is 0 Å². The molecule has 0 bridgehead atoms. The fourth-order valence-corrected chi connectivity index (χ4v) is 2.96. The summed E-state index contributed by atoms with van der Waals surface area (Å²) in [5.41, 5.74) is 1.93. The summed E-state index contributed by atoms with van der Waals surface area (Å²) in [5, 5.41) is 38.7. The Balaban J connectivity index is 1.61. The van der Waals surface area contributed by atoms with E-state index in [9.17, 15) is 25.2 Å². The molecule has 0 amide bonds. The maximum Gasteiger partial charge on any atom is 0.338 e. The van der Waals surface area contributed by atoms with Crippen molar-refractivity contribution in [3.8, 4) is 5.75 Å². The molecule has 4 N–H and O–H groups in total. The monoisotopic (exact) mass is 404 g/mol. The molecule has 2 aromatic carbocycles. The van der Waals surface area contributed by atoms with E-state index in [1.54, 1.807) is 25.1 Å². The van der Waals surface area contributed by atoms with Crippen LogP contribution < -0.4 is 4.74 Å². The van der Waals surface area contributed by atoms with Crippen molar-refractivity contribution >= 4 is 5.97 Å². The average molecular weight is 404 g/mol. The van der Waals surface area contributed by atoms with Crippen molar-refractivity contribution in [2.75, 3.05) is 6.61 Å². The van der Waals surface area contributed by atoms with Gasteiger partial charge in [-0.05, 0) is 30.2 Å². The summed E-state index contributed by atoms with van der Waals surface area (Å²) >= 11 is 0. The van der Waals surface area contributed by atoms with Crippen molar-refractivity contribution in [1.82, 2.24) is 0 Å². The second kappa shape index (κ2) is 9.34. The Morgan fingerprint density at radius 3 is 2.45 bits per heavy atom. The average Bonchev–Trinajstić information content (AvgIpc) is 2.73. The van der Waals surface area contributed by atoms with Crippen LogP contribution in [0.1, 0.15) is 21.5 Å². The van der Waals surface area contributed by atoms with E-state index in [4.69, 9.17) is 14.2 Å². The van der Waals surface area contributed by atoms with Crippen LogP contribution in [0.25, 0.3) is 0 Å². The third-order valence-electron chi connectivity index (χ3n) is 4.74. The Morgan fingerprint density at radius 2 is 1.72 bits per heavy atom. The van der Waals surface area contributed by atoms with Gasteiger partial charge in [-0.15, -0.1) is 0 Å². The van der Waals surface area contributed by atoms with Crippen molar-refractivity contribution in [1.29, 1.82) is 0 Å². The van der Waals surface area contributed by atoms with Crippen LogP contribution in [0.4, 0.5) is 0 Å². The minimum atomic E-state index is -1.69. The van der Waals surface area contributed by atoms with Gasteiger partial charge in [0, 0.05) is 0 Å². The number of benzene rings is 2. The van der Waals surface area contributed by atoms with Crippen molar-refractivity contribution in [3.05, 3.63) is 65.2 Å². The number of hydrogen-bond donors (Lipinski definition) is 4. The normalized spacial score (nSPS) is 26.7. The van der Waals surface area contributed by atoms with Crippen molar-refractivity contribution in [2.45, 2.75) is 44.2 Å². The number of carbonyl (C=O) groups excluding carboxylic acids is 1. The zero-order valence-electron chi connectivity index (χ0n) is 15.8. The number of ether oxygens (including phenoxy) is 3. The zero-order valence-corrected chi connectivity index (χ0v) is 15.8. The van der Waals surface area contributed by atoms with Crippen LogP contribution in [-0.4, -0.2) is 63.7 Å². The lowest BCUT2D eigenvalue weighted by molar-refractivity contribution is -0.286. The fourth-order valence-electron chi connectivity index (χ4n) is 2.96. The van der Waals surface area contributed by atoms with Gasteiger partial charge in [0.15, 0.2) is 6.29 Å². The summed E-state index contributed by atoms with van der Waals surface area (Å²) < 4.78 is 15.9. The van der Waals surface area contributed by atoms with Gasteiger partial charge in [-0.3, -0.25) is 0 Å². The molecule has 8 heteroatoms. The highest BCUT2D eigenvalue weighted by Crippen LogP contribution is 2.22. The summed E-state index contributed by atoms with van der Waals surface area (Å²) in [5.74, 6) is -0.173. The van der Waals surface area contributed by atoms with Crippen LogP contribution in [-0.2, 0) is 16.1 Å². The Kier molecular flexibility index (Phi) is 6.83. The van der Waals surface area contributed by atoms with Gasteiger partial charge in [0.25, 0.3) is 0 Å². The van der Waals surface area contributed by atoms with Crippen molar-refractivity contribution in [2.24, 2.45) is 0 Å². The van der Waals surface area contributed by atoms with Gasteiger partial charge < -0.3 is 34.6 Å². The van der Waals surface area contributed by atoms with E-state index in [2.05, 4.69) is 0 Å². The molecule has 1 aliphatic heterocycles. The minimum Gasteiger partial charge on any atom is -0.489 e. The molecule has 0 aliphatic carbocycles. The second-order valence-electron chi connectivity index (χ2n) is 6.89. The molecule has 2 aromatic rings. The first-order valence-corrected chi connectivity index (χ1v) is 9.19. The van der Waals surface area contributed by atoms with Gasteiger partial charge in [-0.25, -0.2) is 4.79 Å². The van der Waals surface area contributed by atoms with Gasteiger partial charge in [-0.1, -0.05) is 36.4 Å². The maximum absolute atomic E-state index is 12.5. The largest absolute Gasteiger partial charge is 0.489 e. The fraction of sp³-hybridized carbons (Fsp3) is 0.381. The summed E-state index contributed by atoms with van der Waals surface area (Å²) in [6.07, 6.45) is -7.63. The van der Waals surface area contributed by atoms with E-state index in [1.807, 2.05) is 30.3 Å². The molecule has 1 saturated heterocycles. The van der Waals surface area contributed by atoms with Crippen LogP contribution in [0.15, 0.2) is 48.5 Å². The molecular formula is C21H24O8. The molecule has 0 saturated carbocycles. The van der Waals surface area contributed by atoms with Crippen LogP contribution in [0.3, 0.4) is 0 Å². The van der Waals surface area contributed by atoms with E-state index < -0.39 is 43.3 Å². The summed E-state index contributed by atoms with van der Waals surface area (Å²) in [7, 11) is 0. The highest BCUT2D eigenvalue weighted by molar-refractivity contribution is 5.91. The van der Waals surface area contributed by atoms with E-state index in [0.717, 1.165) is 5.56 Å². The molecule has 3 rings (SSSR count). The highest BCUT2D eigenvalue weighted by atomic mass is 16.6. The highest BCUT2D eigenvalue weighted by Gasteiger charge is 2.43. The van der Waals surface area contributed by atoms with Crippen molar-refractivity contribution < 1.29 is 39.4 Å². The SMILES string of the molecule is Cc1ccc(OCc2ccccc2)cc1C(=O)OC[C@H]1OC(O)[C@H](O)[C@@H](O)[C@@H]1O. The Morgan fingerprint density at radius 1 is 1.00 bits per heavy atom. The number of carbonyl (C=O) groups is 1. The number of esters is 1. The molecule has 8 nitrogen and oxygen atoms in total. The lowest BCUT2D eigenvalue weighted by atomic mass is 9.99. The molecule has 0 radical (unpaired) electrons. The topological polar surface area (TPSA) is 126 Å². The summed E-state index contributed by atoms with van der Waals surface area (Å²) in [6.45, 7) is 1.68. The molecule has 1 aliphatic rings. The molecule has 1 fully saturated rings. The maximum atomic E-state index is 12.5. The van der Waals surface area contributed by atoms with Crippen LogP contribution in [0.5, 0.6) is 5.75 Å². The number of aliphatic hydroxyl groups is 4. The summed E-state index contributed by atoms with van der Waals surface area (Å²) in [6, 6.07) is 14.6. The van der Waals surface area contributed by atoms with Crippen LogP contribution in [0, 0.1) is 6.92 Å². The molecule has 1 unspecified atom stereocenters. The van der Waals surface area contributed by atoms with Crippen molar-refractivity contribution in [3.63, 3.8) is 0 Å². The lowest BCUT2D eigenvalue weighted by Crippen LogP contribution is -2.58. The molecule has 0 aromatic heterocycles. The third-order valence-corrected chi connectivity index (χ3v) is 4.74. The van der Waals surface area contributed by atoms with E-state index >= 15 is 0 Å². The quantitative estimate of drug-likeness (QED) is 0.514. The van der Waals surface area contributed by atoms with E-state index in [0.29, 0.717) is 17.9 Å². The standard InChI is InChI=1S/C21H24O8/c1-12-7-8-14(27-10-13-5-3-2-4-6-13)9-15(12)20(25)28-11-16-17(22)18(23)19(24)21(26)29-16/h2-9,16-19,21-24,26H,10-11H2,1H3/t16-,17-,18+,19-,21?/m1/s1. The molecule has 0 spiro atoms. The number of aryl methyl sites for hydroxylation is 1. The number of aliphatic hydroxyl groups excluding tert-OH is 4. The van der Waals surface area contributed by atoms with E-state index in [-0.39, 0.29) is 5.56 Å².